The SMILES string of the molecule is CCc1ccc2c(c1)OC(C)(C)[C@@H](O)[C@@H]2N1CCCCC1=O. The normalized spacial score (nSPS) is 27.3. The number of nitrogens with zero attached hydrogens (tertiary/aromatic N) is 1. The van der Waals surface area contributed by atoms with E-state index >= 15 is 0 Å². The molecule has 2 atom stereocenters. The second-order valence-corrected chi connectivity index (χ2v) is 6.87. The number of amides is 1. The quantitative estimate of drug-likeness (QED) is 0.914. The van der Waals surface area contributed by atoms with Gasteiger partial charge in [0.2, 0.25) is 5.91 Å². The van der Waals surface area contributed by atoms with Crippen LogP contribution in [-0.4, -0.2) is 34.2 Å². The smallest absolute Gasteiger partial charge is 0.223 e. The fourth-order valence-electron chi connectivity index (χ4n) is 3.48. The first kappa shape index (κ1) is 15.3. The lowest BCUT2D eigenvalue weighted by molar-refractivity contribution is -0.147. The van der Waals surface area contributed by atoms with Crippen LogP contribution in [0.2, 0.25) is 0 Å². The van der Waals surface area contributed by atoms with Gasteiger partial charge >= 0.3 is 0 Å². The third kappa shape index (κ3) is 2.50. The van der Waals surface area contributed by atoms with Crippen LogP contribution >= 0.6 is 0 Å². The van der Waals surface area contributed by atoms with E-state index in [1.165, 1.54) is 5.56 Å². The maximum atomic E-state index is 12.4. The topological polar surface area (TPSA) is 49.8 Å². The van der Waals surface area contributed by atoms with Crippen molar-refractivity contribution in [2.45, 2.75) is 64.2 Å². The molecule has 1 amide bonds. The zero-order chi connectivity index (χ0) is 15.9. The van der Waals surface area contributed by atoms with Crippen molar-refractivity contribution in [1.82, 2.24) is 4.90 Å². The van der Waals surface area contributed by atoms with Crippen LogP contribution in [0, 0.1) is 0 Å². The standard InChI is InChI=1S/C18H25NO3/c1-4-12-8-9-13-14(11-12)22-18(2,3)17(21)16(13)19-10-6-5-7-15(19)20/h8-9,11,16-17,21H,4-7,10H2,1-3H3/t16-,17+/m1/s1. The molecular formula is C18H25NO3. The number of rotatable bonds is 2. The number of aliphatic hydroxyl groups is 1. The van der Waals surface area contributed by atoms with E-state index in [1.807, 2.05) is 30.9 Å². The number of aryl methyl sites for hydroxylation is 1. The van der Waals surface area contributed by atoms with Gasteiger partial charge in [-0.25, -0.2) is 0 Å². The number of ether oxygens (including phenoxy) is 1. The predicted molar refractivity (Wildman–Crippen MR) is 84.8 cm³/mol. The van der Waals surface area contributed by atoms with E-state index in [9.17, 15) is 9.90 Å². The summed E-state index contributed by atoms with van der Waals surface area (Å²) in [7, 11) is 0. The van der Waals surface area contributed by atoms with Gasteiger partial charge in [-0.15, -0.1) is 0 Å². The minimum atomic E-state index is -0.727. The molecule has 4 nitrogen and oxygen atoms in total. The zero-order valence-corrected chi connectivity index (χ0v) is 13.6. The highest BCUT2D eigenvalue weighted by atomic mass is 16.5. The van der Waals surface area contributed by atoms with Crippen molar-refractivity contribution in [2.75, 3.05) is 6.54 Å². The van der Waals surface area contributed by atoms with Crippen LogP contribution in [0.25, 0.3) is 0 Å². The Kier molecular flexibility index (Phi) is 3.89. The lowest BCUT2D eigenvalue weighted by Crippen LogP contribution is -2.55. The molecule has 4 heteroatoms. The molecule has 1 fully saturated rings. The minimum Gasteiger partial charge on any atom is -0.485 e. The predicted octanol–water partition coefficient (Wildman–Crippen LogP) is 2.83. The summed E-state index contributed by atoms with van der Waals surface area (Å²) in [5, 5.41) is 10.8. The third-order valence-corrected chi connectivity index (χ3v) is 4.89. The van der Waals surface area contributed by atoms with Crippen molar-refractivity contribution >= 4 is 5.91 Å². The van der Waals surface area contributed by atoms with Gasteiger partial charge in [0, 0.05) is 18.5 Å². The molecule has 0 saturated carbocycles. The number of piperidine rings is 1. The fourth-order valence-corrected chi connectivity index (χ4v) is 3.48. The van der Waals surface area contributed by atoms with E-state index < -0.39 is 11.7 Å². The van der Waals surface area contributed by atoms with Crippen LogP contribution in [0.3, 0.4) is 0 Å². The Balaban J connectivity index is 2.06. The molecule has 0 aliphatic carbocycles. The average molecular weight is 303 g/mol. The van der Waals surface area contributed by atoms with Gasteiger partial charge in [-0.2, -0.15) is 0 Å². The molecule has 1 aromatic carbocycles. The number of carbonyl (C=O) groups is 1. The van der Waals surface area contributed by atoms with Crippen LogP contribution in [0.15, 0.2) is 18.2 Å². The molecule has 22 heavy (non-hydrogen) atoms. The Bertz CT molecular complexity index is 582. The van der Waals surface area contributed by atoms with Gasteiger partial charge in [-0.05, 0) is 44.7 Å². The van der Waals surface area contributed by atoms with E-state index in [1.54, 1.807) is 0 Å². The van der Waals surface area contributed by atoms with Gasteiger partial charge in [-0.1, -0.05) is 19.1 Å². The Labute approximate surface area is 132 Å². The van der Waals surface area contributed by atoms with E-state index in [2.05, 4.69) is 13.0 Å². The van der Waals surface area contributed by atoms with E-state index in [0.29, 0.717) is 13.0 Å². The van der Waals surface area contributed by atoms with Crippen LogP contribution in [0.4, 0.5) is 0 Å². The molecule has 120 valence electrons. The molecule has 0 bridgehead atoms. The van der Waals surface area contributed by atoms with Gasteiger partial charge in [0.1, 0.15) is 17.5 Å². The van der Waals surface area contributed by atoms with Crippen molar-refractivity contribution in [3.8, 4) is 5.75 Å². The van der Waals surface area contributed by atoms with Crippen LogP contribution in [0.5, 0.6) is 5.75 Å². The summed E-state index contributed by atoms with van der Waals surface area (Å²) in [6, 6.07) is 5.82. The Morgan fingerprint density at radius 2 is 2.14 bits per heavy atom. The Hall–Kier alpha value is -1.55. The number of aliphatic hydroxyl groups excluding tert-OH is 1. The molecule has 1 aromatic rings. The maximum absolute atomic E-state index is 12.4. The monoisotopic (exact) mass is 303 g/mol. The molecule has 1 saturated heterocycles. The minimum absolute atomic E-state index is 0.138. The highest BCUT2D eigenvalue weighted by Gasteiger charge is 2.46. The second-order valence-electron chi connectivity index (χ2n) is 6.87. The number of carbonyl (C=O) groups excluding carboxylic acids is 1. The fraction of sp³-hybridized carbons (Fsp3) is 0.611. The highest BCUT2D eigenvalue weighted by molar-refractivity contribution is 5.77. The summed E-state index contributed by atoms with van der Waals surface area (Å²) in [5.74, 6) is 0.941. The molecule has 3 rings (SSSR count). The molecular weight excluding hydrogens is 278 g/mol. The Morgan fingerprint density at radius 3 is 2.82 bits per heavy atom. The molecule has 0 spiro atoms. The summed E-state index contributed by atoms with van der Waals surface area (Å²) in [6.07, 6.45) is 2.73. The first-order valence-corrected chi connectivity index (χ1v) is 8.23. The van der Waals surface area contributed by atoms with Gasteiger partial charge in [-0.3, -0.25) is 4.79 Å². The summed E-state index contributed by atoms with van der Waals surface area (Å²) in [5.41, 5.74) is 1.43. The van der Waals surface area contributed by atoms with Gasteiger partial charge < -0.3 is 14.7 Å². The number of benzene rings is 1. The number of likely N-dealkylation sites (tertiary alicyclic amines) is 1. The number of hydrogen-bond donors (Lipinski definition) is 1. The summed E-state index contributed by atoms with van der Waals surface area (Å²) < 4.78 is 6.04. The largest absolute Gasteiger partial charge is 0.485 e. The number of fused-ring (bicyclic) bond motifs is 1. The van der Waals surface area contributed by atoms with Crippen molar-refractivity contribution in [3.05, 3.63) is 29.3 Å². The molecule has 0 radical (unpaired) electrons. The second kappa shape index (κ2) is 5.58. The van der Waals surface area contributed by atoms with Crippen LogP contribution in [0.1, 0.15) is 57.2 Å². The molecule has 1 N–H and O–H groups in total. The van der Waals surface area contributed by atoms with E-state index in [4.69, 9.17) is 4.74 Å². The van der Waals surface area contributed by atoms with Crippen LogP contribution in [-0.2, 0) is 11.2 Å². The highest BCUT2D eigenvalue weighted by Crippen LogP contribution is 2.44. The molecule has 0 unspecified atom stereocenters. The lowest BCUT2D eigenvalue weighted by atomic mass is 9.84. The first-order chi connectivity index (χ1) is 10.4. The summed E-state index contributed by atoms with van der Waals surface area (Å²) >= 11 is 0. The summed E-state index contributed by atoms with van der Waals surface area (Å²) in [6.45, 7) is 6.60. The van der Waals surface area contributed by atoms with Gasteiger partial charge in [0.25, 0.3) is 0 Å². The van der Waals surface area contributed by atoms with Gasteiger partial charge in [0.15, 0.2) is 0 Å². The lowest BCUT2D eigenvalue weighted by Gasteiger charge is -2.47. The van der Waals surface area contributed by atoms with Crippen LogP contribution < -0.4 is 4.74 Å². The molecule has 2 aliphatic rings. The summed E-state index contributed by atoms with van der Waals surface area (Å²) in [4.78, 5) is 14.2. The van der Waals surface area contributed by atoms with E-state index in [-0.39, 0.29) is 11.9 Å². The third-order valence-electron chi connectivity index (χ3n) is 4.89. The average Bonchev–Trinajstić information content (AvgIpc) is 2.49. The van der Waals surface area contributed by atoms with E-state index in [0.717, 1.165) is 30.6 Å². The number of hydrogen-bond acceptors (Lipinski definition) is 3. The first-order valence-electron chi connectivity index (χ1n) is 8.23. The molecule has 2 aliphatic heterocycles. The Morgan fingerprint density at radius 1 is 1.36 bits per heavy atom. The van der Waals surface area contributed by atoms with Crippen molar-refractivity contribution in [2.24, 2.45) is 0 Å². The molecule has 0 aromatic heterocycles. The van der Waals surface area contributed by atoms with Crippen molar-refractivity contribution < 1.29 is 14.6 Å². The molecule has 2 heterocycles. The van der Waals surface area contributed by atoms with Crippen molar-refractivity contribution in [1.29, 1.82) is 0 Å². The van der Waals surface area contributed by atoms with Crippen molar-refractivity contribution in [3.63, 3.8) is 0 Å². The van der Waals surface area contributed by atoms with Gasteiger partial charge in [0.05, 0.1) is 6.04 Å². The maximum Gasteiger partial charge on any atom is 0.223 e. The zero-order valence-electron chi connectivity index (χ0n) is 13.6.